The summed E-state index contributed by atoms with van der Waals surface area (Å²) in [6, 6.07) is 173. The second-order valence-electron chi connectivity index (χ2n) is 33.2. The Balaban J connectivity index is 0.000000145. The highest BCUT2D eigenvalue weighted by Gasteiger charge is 2.24. The van der Waals surface area contributed by atoms with Crippen molar-refractivity contribution < 1.29 is 0 Å². The lowest BCUT2D eigenvalue weighted by Crippen LogP contribution is -2.00. The molecule has 0 aliphatic carbocycles. The Morgan fingerprint density at radius 3 is 0.623 bits per heavy atom. The third-order valence-electron chi connectivity index (χ3n) is 25.4. The molecule has 130 heavy (non-hydrogen) atoms. The quantitative estimate of drug-likeness (QED) is 0.103. The van der Waals surface area contributed by atoms with Gasteiger partial charge in [0.2, 0.25) is 0 Å². The summed E-state index contributed by atoms with van der Waals surface area (Å²) in [6.07, 6.45) is 0. The summed E-state index contributed by atoms with van der Waals surface area (Å²) < 4.78 is 9.61. The van der Waals surface area contributed by atoms with Gasteiger partial charge in [0.05, 0.1) is 66.9 Å². The van der Waals surface area contributed by atoms with Gasteiger partial charge in [-0.25, -0.2) is 19.9 Å². The second-order valence-corrected chi connectivity index (χ2v) is 33.2. The lowest BCUT2D eigenvalue weighted by molar-refractivity contribution is 1.15. The average Bonchev–Trinajstić information content (AvgIpc) is 1.57. The van der Waals surface area contributed by atoms with Crippen LogP contribution in [0.15, 0.2) is 485 Å². The van der Waals surface area contributed by atoms with Crippen molar-refractivity contribution >= 4 is 87.2 Å². The van der Waals surface area contributed by atoms with E-state index in [-0.39, 0.29) is 0 Å². The largest absolute Gasteiger partial charge is 0.309 e. The van der Waals surface area contributed by atoms with Gasteiger partial charge in [-0.15, -0.1) is 0 Å². The van der Waals surface area contributed by atoms with E-state index >= 15 is 0 Å². The molecule has 608 valence electrons. The van der Waals surface area contributed by atoms with Crippen LogP contribution in [0.25, 0.3) is 233 Å². The van der Waals surface area contributed by atoms with Crippen LogP contribution < -0.4 is 0 Å². The van der Waals surface area contributed by atoms with Gasteiger partial charge in [-0.1, -0.05) is 346 Å². The Kier molecular flexibility index (Phi) is 19.1. The maximum absolute atomic E-state index is 5.46. The first-order valence-corrected chi connectivity index (χ1v) is 44.2. The zero-order valence-corrected chi connectivity index (χ0v) is 70.8. The molecule has 25 aromatic rings. The SMILES string of the molecule is c1ccc(-c2cccc(-c3cc(-c4cccc(-c5ccccc5)c4)nc(-c4cc(-c5ccccc5)cc(-n5c6ccccc6c6cc(-n7c8ccccc8c8ccccc87)ccc65)c4)n3)c2)cc1.c1ccc(-c2cccc(-c3cc(-c4ccccc4)nc(-c4cc(-c5ccccc5)cc(-n5c6ccccc6c6cc(-n7c8ccccc8c8ccccc87)ccc65)c4)n3)c2)cc1. The van der Waals surface area contributed by atoms with Crippen LogP contribution in [0.1, 0.15) is 0 Å². The molecule has 0 amide bonds. The topological polar surface area (TPSA) is 71.3 Å². The van der Waals surface area contributed by atoms with Crippen LogP contribution in [0.2, 0.25) is 0 Å². The smallest absolute Gasteiger partial charge is 0.160 e. The standard InChI is InChI=1S/C64H42N4.C58H38N4/c1-4-18-43(19-5-1)46-24-16-26-48(36-46)58-42-59(49-27-17-25-47(37-49)44-20-6-2-7-21-44)66-64(65-58)51-38-50(45-22-8-3-9-23-45)39-53(40-51)68-62-33-15-12-30-56(62)57-41-52(34-35-63(57)68)67-60-31-13-10-28-54(60)55-29-11-14-32-61(55)67;1-4-17-39(18-5-1)42-23-16-24-43(33-42)53-38-52(41-21-8-3-9-22-41)59-58(60-53)45-34-44(40-19-6-2-7-20-40)35-47(36-45)62-56-30-15-12-27-50(56)51-37-46(31-32-57(51)62)61-54-28-13-10-25-48(54)49-26-11-14-29-55(49)61/h1-42H;1-38H. The highest BCUT2D eigenvalue weighted by atomic mass is 15.0. The minimum Gasteiger partial charge on any atom is -0.309 e. The third kappa shape index (κ3) is 13.9. The summed E-state index contributed by atoms with van der Waals surface area (Å²) in [5.74, 6) is 1.32. The number of rotatable bonds is 15. The lowest BCUT2D eigenvalue weighted by Gasteiger charge is -2.15. The zero-order chi connectivity index (χ0) is 86.0. The van der Waals surface area contributed by atoms with E-state index in [4.69, 9.17) is 19.9 Å². The summed E-state index contributed by atoms with van der Waals surface area (Å²) in [4.78, 5) is 21.6. The van der Waals surface area contributed by atoms with Crippen molar-refractivity contribution in [1.82, 2.24) is 38.2 Å². The highest BCUT2D eigenvalue weighted by molar-refractivity contribution is 6.15. The molecule has 0 unspecified atom stereocenters. The summed E-state index contributed by atoms with van der Waals surface area (Å²) >= 11 is 0. The monoisotopic (exact) mass is 1660 g/mol. The Hall–Kier alpha value is -17.5. The molecule has 0 bridgehead atoms. The van der Waals surface area contributed by atoms with Crippen LogP contribution in [-0.4, -0.2) is 38.2 Å². The number of aromatic nitrogens is 8. The maximum Gasteiger partial charge on any atom is 0.160 e. The predicted molar refractivity (Wildman–Crippen MR) is 541 cm³/mol. The van der Waals surface area contributed by atoms with Crippen molar-refractivity contribution in [3.05, 3.63) is 485 Å². The normalized spacial score (nSPS) is 11.5. The Morgan fingerprint density at radius 2 is 0.323 bits per heavy atom. The van der Waals surface area contributed by atoms with E-state index in [2.05, 4.69) is 498 Å². The molecule has 0 radical (unpaired) electrons. The van der Waals surface area contributed by atoms with E-state index in [1.165, 1.54) is 70.7 Å². The number of fused-ring (bicyclic) bond motifs is 12. The molecule has 6 aromatic heterocycles. The van der Waals surface area contributed by atoms with Gasteiger partial charge in [-0.3, -0.25) is 0 Å². The molecule has 0 aliphatic rings. The fraction of sp³-hybridized carbons (Fsp3) is 0. The molecule has 8 heteroatoms. The van der Waals surface area contributed by atoms with E-state index < -0.39 is 0 Å². The summed E-state index contributed by atoms with van der Waals surface area (Å²) in [7, 11) is 0. The molecule has 0 atom stereocenters. The molecular weight excluding hydrogens is 1580 g/mol. The fourth-order valence-corrected chi connectivity index (χ4v) is 19.3. The second kappa shape index (κ2) is 32.6. The summed E-state index contributed by atoms with van der Waals surface area (Å²) in [6.45, 7) is 0. The van der Waals surface area contributed by atoms with Gasteiger partial charge in [0.15, 0.2) is 11.6 Å². The summed E-state index contributed by atoms with van der Waals surface area (Å²) in [5.41, 5.74) is 34.4. The average molecular weight is 1660 g/mol. The van der Waals surface area contributed by atoms with Crippen molar-refractivity contribution in [2.24, 2.45) is 0 Å². The Labute approximate surface area is 751 Å². The Bertz CT molecular complexity index is 8440. The van der Waals surface area contributed by atoms with Gasteiger partial charge >= 0.3 is 0 Å². The molecule has 19 aromatic carbocycles. The van der Waals surface area contributed by atoms with E-state index in [1.54, 1.807) is 0 Å². The van der Waals surface area contributed by atoms with Gasteiger partial charge in [0.1, 0.15) is 0 Å². The van der Waals surface area contributed by atoms with E-state index in [9.17, 15) is 0 Å². The minimum atomic E-state index is 0.654. The predicted octanol–water partition coefficient (Wildman–Crippen LogP) is 31.7. The lowest BCUT2D eigenvalue weighted by atomic mass is 9.98. The van der Waals surface area contributed by atoms with E-state index in [0.29, 0.717) is 11.6 Å². The molecule has 8 nitrogen and oxygen atoms in total. The number of hydrogen-bond donors (Lipinski definition) is 0. The third-order valence-corrected chi connectivity index (χ3v) is 25.4. The van der Waals surface area contributed by atoms with Gasteiger partial charge in [-0.05, 0) is 195 Å². The van der Waals surface area contributed by atoms with Crippen molar-refractivity contribution in [2.75, 3.05) is 0 Å². The van der Waals surface area contributed by atoms with Gasteiger partial charge < -0.3 is 18.3 Å². The number of para-hydroxylation sites is 6. The first-order valence-electron chi connectivity index (χ1n) is 44.2. The number of nitrogens with zero attached hydrogens (tertiary/aromatic N) is 8. The highest BCUT2D eigenvalue weighted by Crippen LogP contribution is 2.44. The van der Waals surface area contributed by atoms with Gasteiger partial charge in [-0.2, -0.15) is 0 Å². The molecule has 6 heterocycles. The minimum absolute atomic E-state index is 0.654. The van der Waals surface area contributed by atoms with Crippen LogP contribution in [0.4, 0.5) is 0 Å². The van der Waals surface area contributed by atoms with Crippen molar-refractivity contribution in [2.45, 2.75) is 0 Å². The molecule has 0 spiro atoms. The summed E-state index contributed by atoms with van der Waals surface area (Å²) in [5, 5.41) is 9.76. The van der Waals surface area contributed by atoms with Crippen LogP contribution in [-0.2, 0) is 0 Å². The maximum atomic E-state index is 5.46. The van der Waals surface area contributed by atoms with Crippen LogP contribution >= 0.6 is 0 Å². The number of hydrogen-bond acceptors (Lipinski definition) is 4. The molecule has 0 fully saturated rings. The van der Waals surface area contributed by atoms with Crippen LogP contribution in [0, 0.1) is 0 Å². The van der Waals surface area contributed by atoms with Crippen LogP contribution in [0.5, 0.6) is 0 Å². The van der Waals surface area contributed by atoms with Gasteiger partial charge in [0.25, 0.3) is 0 Å². The molecule has 0 aliphatic heterocycles. The first kappa shape index (κ1) is 76.2. The zero-order valence-electron chi connectivity index (χ0n) is 70.8. The Morgan fingerprint density at radius 1 is 0.115 bits per heavy atom. The van der Waals surface area contributed by atoms with Crippen molar-refractivity contribution in [3.8, 4) is 146 Å². The molecule has 0 saturated carbocycles. The molecular formula is C122H80N8. The first-order chi connectivity index (χ1) is 64.4. The molecule has 0 N–H and O–H groups in total. The fourth-order valence-electron chi connectivity index (χ4n) is 19.3. The van der Waals surface area contributed by atoms with E-state index in [1.807, 2.05) is 6.07 Å². The number of benzene rings is 19. The van der Waals surface area contributed by atoms with Crippen molar-refractivity contribution in [3.63, 3.8) is 0 Å². The van der Waals surface area contributed by atoms with Crippen LogP contribution in [0.3, 0.4) is 0 Å². The van der Waals surface area contributed by atoms with Crippen molar-refractivity contribution in [1.29, 1.82) is 0 Å². The molecule has 25 rings (SSSR count). The van der Waals surface area contributed by atoms with Gasteiger partial charge in [0, 0.05) is 99.2 Å². The van der Waals surface area contributed by atoms with E-state index in [0.717, 1.165) is 151 Å². The molecule has 0 saturated heterocycles.